The Hall–Kier alpha value is -1.80. The molecule has 1 heterocycles. The predicted octanol–water partition coefficient (Wildman–Crippen LogP) is 4.16. The Morgan fingerprint density at radius 2 is 2.00 bits per heavy atom. The molecule has 0 unspecified atom stereocenters. The molecule has 2 N–H and O–H groups in total. The summed E-state index contributed by atoms with van der Waals surface area (Å²) in [7, 11) is 0. The van der Waals surface area contributed by atoms with E-state index in [-0.39, 0.29) is 0 Å². The lowest BCUT2D eigenvalue weighted by atomic mass is 10.1. The van der Waals surface area contributed by atoms with E-state index in [1.54, 1.807) is 11.3 Å². The van der Waals surface area contributed by atoms with Crippen LogP contribution in [0.5, 0.6) is 0 Å². The second-order valence-electron chi connectivity index (χ2n) is 4.28. The van der Waals surface area contributed by atoms with E-state index in [2.05, 4.69) is 48.9 Å². The third-order valence-electron chi connectivity index (χ3n) is 2.70. The van der Waals surface area contributed by atoms with Crippen LogP contribution >= 0.6 is 11.3 Å². The van der Waals surface area contributed by atoms with Gasteiger partial charge in [0.05, 0.1) is 0 Å². The second-order valence-corrected chi connectivity index (χ2v) is 5.28. The van der Waals surface area contributed by atoms with E-state index in [1.807, 2.05) is 6.08 Å². The predicted molar refractivity (Wildman–Crippen MR) is 80.7 cm³/mol. The monoisotopic (exact) mass is 255 g/mol. The van der Waals surface area contributed by atoms with Crippen LogP contribution in [0.1, 0.15) is 10.4 Å². The Morgan fingerprint density at radius 3 is 2.44 bits per heavy atom. The standard InChI is InChI=1S/C10H13NS.C6H4/c1-3-4-9-5-6-12-10(9)7-8(2)11;1-2-5-4-6(5)3-1/h3,5-6H,1-2,4,7,11H2;1-4H. The summed E-state index contributed by atoms with van der Waals surface area (Å²) in [6, 6.07) is 10.6. The van der Waals surface area contributed by atoms with Crippen LogP contribution in [0, 0.1) is 0 Å². The van der Waals surface area contributed by atoms with Gasteiger partial charge in [0.2, 0.25) is 0 Å². The molecule has 2 aliphatic carbocycles. The number of fused-ring (bicyclic) bond motifs is 1. The van der Waals surface area contributed by atoms with E-state index in [9.17, 15) is 0 Å². The Labute approximate surface area is 112 Å². The van der Waals surface area contributed by atoms with Crippen molar-refractivity contribution in [3.63, 3.8) is 0 Å². The normalized spacial score (nSPS) is 10.2. The van der Waals surface area contributed by atoms with Crippen LogP contribution in [0.15, 0.2) is 60.6 Å². The van der Waals surface area contributed by atoms with Gasteiger partial charge in [-0.15, -0.1) is 17.9 Å². The molecule has 2 heteroatoms. The van der Waals surface area contributed by atoms with E-state index in [0.717, 1.165) is 18.5 Å². The summed E-state index contributed by atoms with van der Waals surface area (Å²) in [6.07, 6.45) is 3.62. The number of thiophene rings is 1. The molecule has 0 radical (unpaired) electrons. The van der Waals surface area contributed by atoms with Gasteiger partial charge in [-0.05, 0) is 40.6 Å². The molecule has 0 aromatic carbocycles. The van der Waals surface area contributed by atoms with E-state index in [4.69, 9.17) is 5.73 Å². The zero-order valence-corrected chi connectivity index (χ0v) is 11.2. The molecule has 0 spiro atoms. The molecular formula is C16H17NS. The van der Waals surface area contributed by atoms with Gasteiger partial charge in [-0.1, -0.05) is 30.9 Å². The maximum atomic E-state index is 5.54. The fraction of sp³-hybridized carbons (Fsp3) is 0.125. The number of rotatable bonds is 4. The van der Waals surface area contributed by atoms with Crippen molar-refractivity contribution >= 4 is 11.3 Å². The van der Waals surface area contributed by atoms with Crippen molar-refractivity contribution in [2.45, 2.75) is 12.8 Å². The van der Waals surface area contributed by atoms with Crippen molar-refractivity contribution in [2.75, 3.05) is 0 Å². The van der Waals surface area contributed by atoms with Crippen LogP contribution in [0.4, 0.5) is 0 Å². The van der Waals surface area contributed by atoms with Crippen LogP contribution in [0.3, 0.4) is 0 Å². The first-order chi connectivity index (χ1) is 8.70. The molecule has 0 atom stereocenters. The van der Waals surface area contributed by atoms with Crippen LogP contribution < -0.4 is 5.73 Å². The summed E-state index contributed by atoms with van der Waals surface area (Å²) in [5.41, 5.74) is 10.4. The highest BCUT2D eigenvalue weighted by molar-refractivity contribution is 7.10. The van der Waals surface area contributed by atoms with Gasteiger partial charge in [-0.2, -0.15) is 0 Å². The lowest BCUT2D eigenvalue weighted by Gasteiger charge is -1.99. The van der Waals surface area contributed by atoms with Crippen molar-refractivity contribution < 1.29 is 0 Å². The molecule has 2 aliphatic rings. The van der Waals surface area contributed by atoms with Crippen molar-refractivity contribution in [2.24, 2.45) is 5.73 Å². The summed E-state index contributed by atoms with van der Waals surface area (Å²) in [4.78, 5) is 1.31. The molecule has 18 heavy (non-hydrogen) atoms. The molecule has 92 valence electrons. The lowest BCUT2D eigenvalue weighted by molar-refractivity contribution is 1.11. The van der Waals surface area contributed by atoms with E-state index in [0.29, 0.717) is 0 Å². The quantitative estimate of drug-likeness (QED) is 0.696. The van der Waals surface area contributed by atoms with Gasteiger partial charge in [0.1, 0.15) is 0 Å². The fourth-order valence-electron chi connectivity index (χ4n) is 1.74. The third-order valence-corrected chi connectivity index (χ3v) is 3.67. The molecular weight excluding hydrogens is 238 g/mol. The largest absolute Gasteiger partial charge is 0.402 e. The topological polar surface area (TPSA) is 26.0 Å². The zero-order chi connectivity index (χ0) is 13.0. The Kier molecular flexibility index (Phi) is 4.00. The minimum Gasteiger partial charge on any atom is -0.402 e. The molecule has 0 saturated carbocycles. The Morgan fingerprint density at radius 1 is 1.28 bits per heavy atom. The SMILES string of the molecule is C=CCc1ccsc1CC(=C)N.c1cc2cc-2c1. The first kappa shape index (κ1) is 12.7. The van der Waals surface area contributed by atoms with Crippen molar-refractivity contribution in [3.8, 4) is 11.1 Å². The highest BCUT2D eigenvalue weighted by Gasteiger charge is 2.07. The molecule has 0 fully saturated rings. The minimum atomic E-state index is 0.725. The number of benzene rings is 1. The van der Waals surface area contributed by atoms with Gasteiger partial charge in [0.15, 0.2) is 0 Å². The summed E-state index contributed by atoms with van der Waals surface area (Å²) in [5.74, 6) is 0. The van der Waals surface area contributed by atoms with Gasteiger partial charge in [0.25, 0.3) is 0 Å². The highest BCUT2D eigenvalue weighted by Crippen LogP contribution is 2.32. The first-order valence-corrected chi connectivity index (χ1v) is 6.78. The molecule has 3 rings (SSSR count). The number of hydrogen-bond donors (Lipinski definition) is 1. The summed E-state index contributed by atoms with van der Waals surface area (Å²) >= 11 is 1.73. The fourth-order valence-corrected chi connectivity index (χ4v) is 2.71. The molecule has 0 bridgehead atoms. The maximum absolute atomic E-state index is 5.54. The van der Waals surface area contributed by atoms with E-state index >= 15 is 0 Å². The van der Waals surface area contributed by atoms with Gasteiger partial charge in [0, 0.05) is 17.0 Å². The summed E-state index contributed by atoms with van der Waals surface area (Å²) in [5, 5.41) is 2.08. The molecule has 1 aromatic rings. The number of allylic oxidation sites excluding steroid dienone is 2. The zero-order valence-electron chi connectivity index (χ0n) is 10.4. The minimum absolute atomic E-state index is 0.725. The smallest absolute Gasteiger partial charge is 0.0212 e. The van der Waals surface area contributed by atoms with Crippen molar-refractivity contribution in [1.82, 2.24) is 0 Å². The van der Waals surface area contributed by atoms with Gasteiger partial charge >= 0.3 is 0 Å². The number of hydrogen-bond acceptors (Lipinski definition) is 2. The third kappa shape index (κ3) is 3.34. The summed E-state index contributed by atoms with van der Waals surface area (Å²) in [6.45, 7) is 7.40. The molecule has 1 aromatic heterocycles. The average molecular weight is 255 g/mol. The first-order valence-electron chi connectivity index (χ1n) is 5.90. The van der Waals surface area contributed by atoms with Crippen LogP contribution in [-0.4, -0.2) is 0 Å². The van der Waals surface area contributed by atoms with E-state index in [1.165, 1.54) is 21.6 Å². The highest BCUT2D eigenvalue weighted by atomic mass is 32.1. The second kappa shape index (κ2) is 5.69. The van der Waals surface area contributed by atoms with Crippen LogP contribution in [0.2, 0.25) is 0 Å². The maximum Gasteiger partial charge on any atom is 0.0212 e. The van der Waals surface area contributed by atoms with Gasteiger partial charge in [-0.25, -0.2) is 0 Å². The van der Waals surface area contributed by atoms with Gasteiger partial charge < -0.3 is 5.73 Å². The van der Waals surface area contributed by atoms with Crippen molar-refractivity contribution in [1.29, 1.82) is 0 Å². The molecule has 0 aliphatic heterocycles. The summed E-state index contributed by atoms with van der Waals surface area (Å²) < 4.78 is 0. The lowest BCUT2D eigenvalue weighted by Crippen LogP contribution is -1.99. The van der Waals surface area contributed by atoms with Crippen LogP contribution in [-0.2, 0) is 12.8 Å². The van der Waals surface area contributed by atoms with Gasteiger partial charge in [-0.3, -0.25) is 0 Å². The molecule has 0 amide bonds. The number of nitrogens with two attached hydrogens (primary N) is 1. The van der Waals surface area contributed by atoms with E-state index < -0.39 is 0 Å². The molecule has 1 nitrogen and oxygen atoms in total. The molecule has 0 saturated heterocycles. The average Bonchev–Trinajstić information content (AvgIpc) is 2.74. The Balaban J connectivity index is 0.000000164. The van der Waals surface area contributed by atoms with Crippen molar-refractivity contribution in [3.05, 3.63) is 71.1 Å². The van der Waals surface area contributed by atoms with Crippen LogP contribution in [0.25, 0.3) is 11.1 Å². The Bertz CT molecular complexity index is 549.